The lowest BCUT2D eigenvalue weighted by Gasteiger charge is -2.32. The molecule has 0 amide bonds. The van der Waals surface area contributed by atoms with Crippen LogP contribution in [-0.2, 0) is 23.7 Å². The minimum atomic E-state index is -3.34. The number of carbonyl (C=O) groups excluding carboxylic acids is 4. The van der Waals surface area contributed by atoms with E-state index in [4.69, 9.17) is 0 Å². The van der Waals surface area contributed by atoms with Crippen LogP contribution in [0.25, 0.3) is 0 Å². The summed E-state index contributed by atoms with van der Waals surface area (Å²) in [5, 5.41) is 6.13. The molecule has 0 spiro atoms. The number of rotatable bonds is 21. The van der Waals surface area contributed by atoms with E-state index in [0.29, 0.717) is 51.6 Å². The van der Waals surface area contributed by atoms with Crippen LogP contribution in [0.1, 0.15) is 79.1 Å². The molecule has 0 unspecified atom stereocenters. The maximum Gasteiger partial charge on any atom is 0.281 e. The minimum Gasteiger partial charge on any atom is -0.300 e. The van der Waals surface area contributed by atoms with Crippen molar-refractivity contribution in [2.24, 2.45) is 0 Å². The monoisotopic (exact) mass is 483 g/mol. The van der Waals surface area contributed by atoms with E-state index in [1.807, 2.05) is 0 Å². The number of Topliss-reactive ketones (excluding diaryl/α,β-unsaturated/α-hetero) is 2. The van der Waals surface area contributed by atoms with Crippen LogP contribution in [0.4, 0.5) is 0 Å². The van der Waals surface area contributed by atoms with Gasteiger partial charge in [0.2, 0.25) is 0 Å². The molecule has 0 aromatic carbocycles. The molecule has 0 aromatic rings. The van der Waals surface area contributed by atoms with Gasteiger partial charge in [0.25, 0.3) is 7.59 Å². The fraction of sp³-hybridized carbons (Fsp3) is 0.667. The number of hydrogen-bond acceptors (Lipinski definition) is 5. The highest BCUT2D eigenvalue weighted by Crippen LogP contribution is 2.41. The molecule has 0 radical (unpaired) electrons. The molecule has 0 rings (SSSR count). The van der Waals surface area contributed by atoms with Crippen LogP contribution in [0.3, 0.4) is 0 Å². The standard InChI is InChI=1S/C24H42N3O5P/c1-5-11-23(30)13-9-17-25-33(32,26-18-10-14-24(31)12-6-2)27(19-15-21(28)7-3)20-16-22(29)8-4/h5-6,11-12H,7-10,13-20H2,1-4H3,(H2,25,26,32). The highest BCUT2D eigenvalue weighted by molar-refractivity contribution is 7.57. The lowest BCUT2D eigenvalue weighted by atomic mass is 10.2. The summed E-state index contributed by atoms with van der Waals surface area (Å²) in [5.74, 6) is 0.122. The second kappa shape index (κ2) is 18.7. The van der Waals surface area contributed by atoms with Gasteiger partial charge in [-0.25, -0.2) is 14.8 Å². The zero-order chi connectivity index (χ0) is 25.1. The molecule has 0 aliphatic heterocycles. The number of nitrogens with one attached hydrogen (secondary N) is 2. The van der Waals surface area contributed by atoms with Crippen LogP contribution >= 0.6 is 7.59 Å². The third-order valence-corrected chi connectivity index (χ3v) is 7.54. The number of carbonyl (C=O) groups is 4. The van der Waals surface area contributed by atoms with Crippen molar-refractivity contribution in [2.45, 2.75) is 79.1 Å². The lowest BCUT2D eigenvalue weighted by Crippen LogP contribution is -2.39. The van der Waals surface area contributed by atoms with Crippen molar-refractivity contribution in [3.8, 4) is 0 Å². The highest BCUT2D eigenvalue weighted by Gasteiger charge is 2.30. The molecule has 0 aliphatic carbocycles. The molecule has 9 heteroatoms. The van der Waals surface area contributed by atoms with Gasteiger partial charge in [-0.3, -0.25) is 23.7 Å². The van der Waals surface area contributed by atoms with Crippen LogP contribution in [0.2, 0.25) is 0 Å². The average molecular weight is 484 g/mol. The summed E-state index contributed by atoms with van der Waals surface area (Å²) >= 11 is 0. The van der Waals surface area contributed by atoms with E-state index < -0.39 is 7.59 Å². The first-order chi connectivity index (χ1) is 15.7. The normalized spacial score (nSPS) is 13.6. The first-order valence-electron chi connectivity index (χ1n) is 11.9. The summed E-state index contributed by atoms with van der Waals surface area (Å²) in [7, 11) is -3.34. The molecule has 0 aliphatic rings. The molecular formula is C24H42N3O5P. The van der Waals surface area contributed by atoms with Crippen LogP contribution < -0.4 is 10.2 Å². The van der Waals surface area contributed by atoms with Gasteiger partial charge in [0.15, 0.2) is 11.6 Å². The molecule has 8 nitrogen and oxygen atoms in total. The maximum atomic E-state index is 13.9. The Kier molecular flexibility index (Phi) is 17.7. The molecule has 0 saturated heterocycles. The van der Waals surface area contributed by atoms with Crippen molar-refractivity contribution in [1.82, 2.24) is 14.8 Å². The Balaban J connectivity index is 5.33. The third kappa shape index (κ3) is 14.9. The summed E-state index contributed by atoms with van der Waals surface area (Å²) in [5.41, 5.74) is 0. The van der Waals surface area contributed by atoms with Crippen LogP contribution in [0, 0.1) is 0 Å². The maximum absolute atomic E-state index is 13.9. The van der Waals surface area contributed by atoms with Crippen molar-refractivity contribution < 1.29 is 23.7 Å². The van der Waals surface area contributed by atoms with E-state index in [9.17, 15) is 23.7 Å². The molecule has 0 bridgehead atoms. The van der Waals surface area contributed by atoms with Gasteiger partial charge in [-0.1, -0.05) is 26.0 Å². The van der Waals surface area contributed by atoms with Gasteiger partial charge in [0, 0.05) is 64.7 Å². The summed E-state index contributed by atoms with van der Waals surface area (Å²) in [4.78, 5) is 47.3. The van der Waals surface area contributed by atoms with E-state index in [1.165, 1.54) is 12.2 Å². The lowest BCUT2D eigenvalue weighted by molar-refractivity contribution is -0.119. The van der Waals surface area contributed by atoms with E-state index in [2.05, 4.69) is 10.2 Å². The van der Waals surface area contributed by atoms with Crippen LogP contribution in [-0.4, -0.2) is 54.0 Å². The molecule has 0 saturated carbocycles. The Bertz CT molecular complexity index is 678. The highest BCUT2D eigenvalue weighted by atomic mass is 31.2. The number of hydrogen-bond donors (Lipinski definition) is 2. The fourth-order valence-corrected chi connectivity index (χ4v) is 5.23. The van der Waals surface area contributed by atoms with E-state index in [1.54, 1.807) is 44.5 Å². The first kappa shape index (κ1) is 31.3. The minimum absolute atomic E-state index is 0.00326. The largest absolute Gasteiger partial charge is 0.300 e. The predicted octanol–water partition coefficient (Wildman–Crippen LogP) is 4.16. The van der Waals surface area contributed by atoms with Crippen molar-refractivity contribution in [3.63, 3.8) is 0 Å². The van der Waals surface area contributed by atoms with Gasteiger partial charge in [0.05, 0.1) is 0 Å². The molecule has 188 valence electrons. The molecular weight excluding hydrogens is 441 g/mol. The second-order valence-corrected chi connectivity index (χ2v) is 10.1. The summed E-state index contributed by atoms with van der Waals surface area (Å²) < 4.78 is 15.6. The van der Waals surface area contributed by atoms with Crippen LogP contribution in [0.5, 0.6) is 0 Å². The van der Waals surface area contributed by atoms with Gasteiger partial charge in [-0.2, -0.15) is 0 Å². The molecule has 0 aromatic heterocycles. The molecule has 2 N–H and O–H groups in total. The van der Waals surface area contributed by atoms with Gasteiger partial charge in [-0.05, 0) is 38.8 Å². The fourth-order valence-electron chi connectivity index (χ4n) is 3.04. The molecule has 0 heterocycles. The Morgan fingerprint density at radius 3 is 1.45 bits per heavy atom. The van der Waals surface area contributed by atoms with Crippen molar-refractivity contribution in [3.05, 3.63) is 24.3 Å². The molecule has 0 atom stereocenters. The van der Waals surface area contributed by atoms with E-state index in [0.717, 1.165) is 0 Å². The third-order valence-electron chi connectivity index (χ3n) is 5.04. The summed E-state index contributed by atoms with van der Waals surface area (Å²) in [6, 6.07) is 0. The van der Waals surface area contributed by atoms with Gasteiger partial charge >= 0.3 is 0 Å². The summed E-state index contributed by atoms with van der Waals surface area (Å²) in [6.45, 7) is 8.33. The SMILES string of the molecule is CC=CC(=O)CCCNP(=O)(NCCCC(=O)C=CC)N(CCC(=O)CC)CCC(=O)CC. The Labute approximate surface area is 199 Å². The zero-order valence-electron chi connectivity index (χ0n) is 20.7. The number of nitrogens with zero attached hydrogens (tertiary/aromatic N) is 1. The Morgan fingerprint density at radius 1 is 0.727 bits per heavy atom. The number of allylic oxidation sites excluding steroid dienone is 4. The van der Waals surface area contributed by atoms with Crippen molar-refractivity contribution in [2.75, 3.05) is 26.2 Å². The van der Waals surface area contributed by atoms with E-state index in [-0.39, 0.29) is 49.1 Å². The average Bonchev–Trinajstić information content (AvgIpc) is 2.79. The second-order valence-electron chi connectivity index (χ2n) is 7.77. The Hall–Kier alpha value is -1.73. The topological polar surface area (TPSA) is 113 Å². The van der Waals surface area contributed by atoms with Gasteiger partial charge in [-0.15, -0.1) is 0 Å². The smallest absolute Gasteiger partial charge is 0.281 e. The first-order valence-corrected chi connectivity index (χ1v) is 13.6. The Morgan fingerprint density at radius 2 is 1.12 bits per heavy atom. The van der Waals surface area contributed by atoms with Gasteiger partial charge in [0.1, 0.15) is 11.6 Å². The van der Waals surface area contributed by atoms with E-state index >= 15 is 0 Å². The van der Waals surface area contributed by atoms with Crippen molar-refractivity contribution >= 4 is 30.7 Å². The molecule has 33 heavy (non-hydrogen) atoms. The van der Waals surface area contributed by atoms with Crippen LogP contribution in [0.15, 0.2) is 24.3 Å². The summed E-state index contributed by atoms with van der Waals surface area (Å²) in [6.07, 6.45) is 9.35. The zero-order valence-corrected chi connectivity index (χ0v) is 21.6. The quantitative estimate of drug-likeness (QED) is 0.142. The van der Waals surface area contributed by atoms with Gasteiger partial charge < -0.3 is 0 Å². The number of ketones is 4. The molecule has 0 fully saturated rings. The predicted molar refractivity (Wildman–Crippen MR) is 133 cm³/mol. The van der Waals surface area contributed by atoms with Crippen molar-refractivity contribution in [1.29, 1.82) is 0 Å².